The molecule has 0 unspecified atom stereocenters. The van der Waals surface area contributed by atoms with E-state index in [0.717, 1.165) is 14.8 Å². The summed E-state index contributed by atoms with van der Waals surface area (Å²) in [6.07, 6.45) is 1.61. The Morgan fingerprint density at radius 2 is 2.05 bits per heavy atom. The van der Waals surface area contributed by atoms with Crippen LogP contribution in [0, 0.1) is 3.57 Å². The summed E-state index contributed by atoms with van der Waals surface area (Å²) in [7, 11) is 1.78. The van der Waals surface area contributed by atoms with E-state index in [0.29, 0.717) is 17.4 Å². The second kappa shape index (κ2) is 5.00. The minimum absolute atomic E-state index is 0.535. The summed E-state index contributed by atoms with van der Waals surface area (Å²) in [4.78, 5) is 15.9. The molecular formula is C12H11IN6. The molecule has 7 heteroatoms. The summed E-state index contributed by atoms with van der Waals surface area (Å²) in [5, 5.41) is 6.24. The number of anilines is 3. The average Bonchev–Trinajstić information content (AvgIpc) is 2.89. The zero-order valence-electron chi connectivity index (χ0n) is 10.1. The summed E-state index contributed by atoms with van der Waals surface area (Å²) in [5.41, 5.74) is 2.42. The van der Waals surface area contributed by atoms with Crippen LogP contribution in [0.5, 0.6) is 0 Å². The number of halogens is 1. The van der Waals surface area contributed by atoms with Gasteiger partial charge in [0.05, 0.1) is 12.0 Å². The maximum atomic E-state index is 4.42. The summed E-state index contributed by atoms with van der Waals surface area (Å²) < 4.78 is 1.12. The molecule has 0 bridgehead atoms. The summed E-state index contributed by atoms with van der Waals surface area (Å²) in [6, 6.07) is 8.02. The van der Waals surface area contributed by atoms with Gasteiger partial charge in [0.15, 0.2) is 11.5 Å². The number of benzene rings is 1. The fraction of sp³-hybridized carbons (Fsp3) is 0.0833. The van der Waals surface area contributed by atoms with E-state index >= 15 is 0 Å². The predicted octanol–water partition coefficient (Wildman–Crippen LogP) is 2.74. The van der Waals surface area contributed by atoms with Crippen LogP contribution < -0.4 is 10.6 Å². The van der Waals surface area contributed by atoms with Crippen molar-refractivity contribution in [2.24, 2.45) is 0 Å². The van der Waals surface area contributed by atoms with Gasteiger partial charge in [0.25, 0.3) is 0 Å². The SMILES string of the molecule is CNc1nc(Nc2ccccc2I)c2[nH]cnc2n1. The number of fused-ring (bicyclic) bond motifs is 1. The highest BCUT2D eigenvalue weighted by Crippen LogP contribution is 2.25. The van der Waals surface area contributed by atoms with Crippen LogP contribution in [-0.2, 0) is 0 Å². The van der Waals surface area contributed by atoms with Crippen molar-refractivity contribution >= 4 is 51.2 Å². The summed E-state index contributed by atoms with van der Waals surface area (Å²) in [6.45, 7) is 0. The topological polar surface area (TPSA) is 78.5 Å². The molecule has 0 aliphatic heterocycles. The van der Waals surface area contributed by atoms with Crippen molar-refractivity contribution < 1.29 is 0 Å². The molecule has 3 rings (SSSR count). The maximum absolute atomic E-state index is 4.42. The highest BCUT2D eigenvalue weighted by atomic mass is 127. The number of para-hydroxylation sites is 1. The fourth-order valence-corrected chi connectivity index (χ4v) is 2.25. The molecule has 2 aromatic heterocycles. The molecular weight excluding hydrogens is 355 g/mol. The molecule has 0 saturated carbocycles. The molecule has 1 aromatic carbocycles. The summed E-state index contributed by atoms with van der Waals surface area (Å²) in [5.74, 6) is 1.24. The third-order valence-corrected chi connectivity index (χ3v) is 3.58. The zero-order valence-corrected chi connectivity index (χ0v) is 12.3. The second-order valence-electron chi connectivity index (χ2n) is 3.85. The van der Waals surface area contributed by atoms with Gasteiger partial charge in [0.2, 0.25) is 5.95 Å². The van der Waals surface area contributed by atoms with Crippen molar-refractivity contribution in [1.82, 2.24) is 19.9 Å². The molecule has 0 radical (unpaired) electrons. The zero-order chi connectivity index (χ0) is 13.2. The lowest BCUT2D eigenvalue weighted by molar-refractivity contribution is 1.18. The van der Waals surface area contributed by atoms with Gasteiger partial charge in [-0.1, -0.05) is 12.1 Å². The molecule has 2 heterocycles. The van der Waals surface area contributed by atoms with Gasteiger partial charge in [-0.05, 0) is 34.7 Å². The summed E-state index contributed by atoms with van der Waals surface area (Å²) >= 11 is 2.28. The van der Waals surface area contributed by atoms with E-state index in [4.69, 9.17) is 0 Å². The van der Waals surface area contributed by atoms with E-state index in [2.05, 4.69) is 53.2 Å². The standard InChI is InChI=1S/C12H11IN6/c1-14-12-18-10-9(15-6-16-10)11(19-12)17-8-5-3-2-4-7(8)13/h2-6H,1H3,(H3,14,15,16,17,18,19). The van der Waals surface area contributed by atoms with Crippen molar-refractivity contribution in [2.75, 3.05) is 17.7 Å². The molecule has 3 aromatic rings. The van der Waals surface area contributed by atoms with Crippen molar-refractivity contribution in [3.05, 3.63) is 34.2 Å². The van der Waals surface area contributed by atoms with E-state index in [1.807, 2.05) is 24.3 Å². The lowest BCUT2D eigenvalue weighted by Crippen LogP contribution is -2.02. The van der Waals surface area contributed by atoms with E-state index in [1.165, 1.54) is 0 Å². The number of nitrogens with one attached hydrogen (secondary N) is 3. The van der Waals surface area contributed by atoms with Crippen LogP contribution in [0.4, 0.5) is 17.5 Å². The van der Waals surface area contributed by atoms with E-state index < -0.39 is 0 Å². The average molecular weight is 366 g/mol. The Kier molecular flexibility index (Phi) is 3.20. The molecule has 19 heavy (non-hydrogen) atoms. The largest absolute Gasteiger partial charge is 0.357 e. The van der Waals surface area contributed by atoms with Gasteiger partial charge in [-0.15, -0.1) is 0 Å². The van der Waals surface area contributed by atoms with Gasteiger partial charge in [0, 0.05) is 10.6 Å². The molecule has 96 valence electrons. The van der Waals surface area contributed by atoms with Gasteiger partial charge < -0.3 is 15.6 Å². The van der Waals surface area contributed by atoms with Crippen LogP contribution in [0.15, 0.2) is 30.6 Å². The molecule has 0 fully saturated rings. The quantitative estimate of drug-likeness (QED) is 0.622. The number of H-pyrrole nitrogens is 1. The second-order valence-corrected chi connectivity index (χ2v) is 5.01. The van der Waals surface area contributed by atoms with Gasteiger partial charge in [-0.2, -0.15) is 9.97 Å². The lowest BCUT2D eigenvalue weighted by Gasteiger charge is -2.09. The third kappa shape index (κ3) is 2.33. The number of rotatable bonds is 3. The van der Waals surface area contributed by atoms with Crippen molar-refractivity contribution in [1.29, 1.82) is 0 Å². The first-order chi connectivity index (χ1) is 9.28. The van der Waals surface area contributed by atoms with Crippen LogP contribution in [-0.4, -0.2) is 27.0 Å². The van der Waals surface area contributed by atoms with Crippen molar-refractivity contribution in [3.63, 3.8) is 0 Å². The van der Waals surface area contributed by atoms with Crippen LogP contribution in [0.25, 0.3) is 11.2 Å². The number of imidazole rings is 1. The smallest absolute Gasteiger partial charge is 0.226 e. The Morgan fingerprint density at radius 3 is 2.84 bits per heavy atom. The molecule has 3 N–H and O–H groups in total. The minimum Gasteiger partial charge on any atom is -0.357 e. The van der Waals surface area contributed by atoms with Crippen molar-refractivity contribution in [2.45, 2.75) is 0 Å². The Labute approximate surface area is 123 Å². The lowest BCUT2D eigenvalue weighted by atomic mass is 10.3. The van der Waals surface area contributed by atoms with E-state index in [1.54, 1.807) is 13.4 Å². The molecule has 0 aliphatic rings. The van der Waals surface area contributed by atoms with Crippen LogP contribution in [0.3, 0.4) is 0 Å². The van der Waals surface area contributed by atoms with E-state index in [9.17, 15) is 0 Å². The monoisotopic (exact) mass is 366 g/mol. The van der Waals surface area contributed by atoms with Gasteiger partial charge in [0.1, 0.15) is 5.52 Å². The van der Waals surface area contributed by atoms with Gasteiger partial charge in [-0.3, -0.25) is 0 Å². The van der Waals surface area contributed by atoms with E-state index in [-0.39, 0.29) is 0 Å². The molecule has 0 atom stereocenters. The van der Waals surface area contributed by atoms with Crippen LogP contribution in [0.2, 0.25) is 0 Å². The first-order valence-electron chi connectivity index (χ1n) is 5.68. The van der Waals surface area contributed by atoms with Crippen molar-refractivity contribution in [3.8, 4) is 0 Å². The van der Waals surface area contributed by atoms with Crippen LogP contribution >= 0.6 is 22.6 Å². The Hall–Kier alpha value is -1.90. The molecule has 6 nitrogen and oxygen atoms in total. The minimum atomic E-state index is 0.535. The molecule has 0 spiro atoms. The first kappa shape index (κ1) is 12.2. The number of hydrogen-bond acceptors (Lipinski definition) is 5. The molecule has 0 saturated heterocycles. The van der Waals surface area contributed by atoms with Crippen LogP contribution in [0.1, 0.15) is 0 Å². The highest BCUT2D eigenvalue weighted by molar-refractivity contribution is 14.1. The Bertz CT molecular complexity index is 723. The predicted molar refractivity (Wildman–Crippen MR) is 83.7 cm³/mol. The number of aromatic amines is 1. The normalized spacial score (nSPS) is 10.6. The van der Waals surface area contributed by atoms with Gasteiger partial charge in [-0.25, -0.2) is 4.98 Å². The highest BCUT2D eigenvalue weighted by Gasteiger charge is 2.10. The number of aromatic nitrogens is 4. The Balaban J connectivity index is 2.09. The fourth-order valence-electron chi connectivity index (χ4n) is 1.73. The maximum Gasteiger partial charge on any atom is 0.226 e. The first-order valence-corrected chi connectivity index (χ1v) is 6.76. The number of hydrogen-bond donors (Lipinski definition) is 3. The number of nitrogens with zero attached hydrogens (tertiary/aromatic N) is 3. The molecule has 0 amide bonds. The molecule has 0 aliphatic carbocycles. The van der Waals surface area contributed by atoms with Gasteiger partial charge >= 0.3 is 0 Å². The Morgan fingerprint density at radius 1 is 1.21 bits per heavy atom. The third-order valence-electron chi connectivity index (χ3n) is 2.64.